The van der Waals surface area contributed by atoms with Crippen LogP contribution in [0, 0.1) is 0 Å². The summed E-state index contributed by atoms with van der Waals surface area (Å²) < 4.78 is 25.9. The Hall–Kier alpha value is 0.504. The van der Waals surface area contributed by atoms with Crippen LogP contribution in [-0.2, 0) is 33.7 Å². The summed E-state index contributed by atoms with van der Waals surface area (Å²) in [5.74, 6) is 0. The van der Waals surface area contributed by atoms with Crippen molar-refractivity contribution in [3.63, 3.8) is 0 Å². The van der Waals surface area contributed by atoms with Crippen LogP contribution in [0.4, 0.5) is 0 Å². The topological polar surface area (TPSA) is 51.2 Å². The van der Waals surface area contributed by atoms with Crippen molar-refractivity contribution in [2.45, 2.75) is 0 Å². The summed E-state index contributed by atoms with van der Waals surface area (Å²) in [4.78, 5) is 0. The zero-order chi connectivity index (χ0) is 3.58. The van der Waals surface area contributed by atoms with E-state index in [9.17, 15) is 0 Å². The van der Waals surface area contributed by atoms with Crippen LogP contribution in [0.1, 0.15) is 0 Å². The zero-order valence-corrected chi connectivity index (χ0v) is 4.64. The van der Waals surface area contributed by atoms with Gasteiger partial charge in [0.2, 0.25) is 0 Å². The first-order valence-electron chi connectivity index (χ1n) is 0.707. The second kappa shape index (κ2) is 1.79. The molecule has 0 aliphatic heterocycles. The van der Waals surface area contributed by atoms with Crippen molar-refractivity contribution in [3.05, 3.63) is 0 Å². The molecule has 4 heavy (non-hydrogen) atoms. The Labute approximate surface area is 33.8 Å². The average molecular weight is 137 g/mol. The molecule has 0 aromatic heterocycles. The molecule has 0 saturated heterocycles. The van der Waals surface area contributed by atoms with E-state index in [0.717, 1.165) is 0 Å². The van der Waals surface area contributed by atoms with E-state index in [4.69, 9.17) is 6.13 Å². The van der Waals surface area contributed by atoms with Crippen molar-refractivity contribution in [3.8, 4) is 0 Å². The summed E-state index contributed by atoms with van der Waals surface area (Å²) in [5, 5.41) is 0. The number of rotatable bonds is 0. The van der Waals surface area contributed by atoms with E-state index >= 15 is 0 Å². The monoisotopic (exact) mass is 137 g/mol. The Morgan fingerprint density at radius 3 is 1.00 bits per heavy atom. The van der Waals surface area contributed by atoms with Gasteiger partial charge in [0.25, 0.3) is 0 Å². The van der Waals surface area contributed by atoms with Crippen LogP contribution in [0.2, 0.25) is 0 Å². The molecule has 0 radical (unpaired) electrons. The van der Waals surface area contributed by atoms with Gasteiger partial charge in [-0.2, -0.15) is 0 Å². The first-order chi connectivity index (χ1) is 1.73. The van der Waals surface area contributed by atoms with Gasteiger partial charge in [0.05, 0.1) is 0 Å². The molecule has 0 unspecified atom stereocenters. The summed E-state index contributed by atoms with van der Waals surface area (Å²) in [5.41, 5.74) is 0. The van der Waals surface area contributed by atoms with Crippen molar-refractivity contribution in [2.75, 3.05) is 0 Å². The Morgan fingerprint density at radius 2 is 1.00 bits per heavy atom. The molecule has 0 aromatic carbocycles. The fourth-order valence-electron chi connectivity index (χ4n) is 0. The molecular formula is O3Y. The number of hydrogen-bond acceptors (Lipinski definition) is 3. The minimum atomic E-state index is -4.39. The fraction of sp³-hybridized carbons (Fsp3) is 0. The fourth-order valence-corrected chi connectivity index (χ4v) is 0. The Kier molecular flexibility index (Phi) is 2.01. The van der Waals surface area contributed by atoms with Gasteiger partial charge in [0, 0.05) is 0 Å². The molecule has 4 heteroatoms. The molecule has 0 spiro atoms. The van der Waals surface area contributed by atoms with Crippen LogP contribution < -0.4 is 0 Å². The van der Waals surface area contributed by atoms with Crippen molar-refractivity contribution < 1.29 is 33.7 Å². The second-order valence-corrected chi connectivity index (χ2v) is 1.71. The first kappa shape index (κ1) is 4.50. The molecule has 0 fully saturated rings. The van der Waals surface area contributed by atoms with Gasteiger partial charge in [0.15, 0.2) is 0 Å². The van der Waals surface area contributed by atoms with E-state index in [-0.39, 0.29) is 0 Å². The van der Waals surface area contributed by atoms with E-state index in [1.807, 2.05) is 0 Å². The van der Waals surface area contributed by atoms with E-state index in [1.54, 1.807) is 0 Å². The molecule has 0 bridgehead atoms. The predicted octanol–water partition coefficient (Wildman–Crippen LogP) is -0.359. The third kappa shape index (κ3) is 22.3. The van der Waals surface area contributed by atoms with Gasteiger partial charge in [-0.1, -0.05) is 0 Å². The molecule has 0 atom stereocenters. The first-order valence-corrected chi connectivity index (χ1v) is 4.18. The van der Waals surface area contributed by atoms with Gasteiger partial charge in [-0.3, -0.25) is 0 Å². The molecule has 21 valence electrons. The van der Waals surface area contributed by atoms with Crippen LogP contribution in [0.25, 0.3) is 0 Å². The molecule has 3 nitrogen and oxygen atoms in total. The van der Waals surface area contributed by atoms with Gasteiger partial charge in [-0.05, 0) is 0 Å². The van der Waals surface area contributed by atoms with E-state index < -0.39 is 27.6 Å². The molecule has 0 heterocycles. The predicted molar refractivity (Wildman–Crippen MR) is 2.06 cm³/mol. The Bertz CT molecular complexity index is 72.7. The maximum absolute atomic E-state index is 8.63. The van der Waals surface area contributed by atoms with Gasteiger partial charge in [0.1, 0.15) is 0 Å². The SMILES string of the molecule is [O]=[Y](=[O])=[O]. The van der Waals surface area contributed by atoms with E-state index in [1.165, 1.54) is 0 Å². The number of hydrogen-bond donors (Lipinski definition) is 0. The van der Waals surface area contributed by atoms with Gasteiger partial charge in [-0.15, -0.1) is 0 Å². The van der Waals surface area contributed by atoms with Crippen LogP contribution in [0.5, 0.6) is 0 Å². The molecule has 0 aromatic rings. The van der Waals surface area contributed by atoms with Crippen LogP contribution in [0.15, 0.2) is 0 Å². The van der Waals surface area contributed by atoms with Crippen molar-refractivity contribution in [1.82, 2.24) is 0 Å². The Morgan fingerprint density at radius 1 is 1.00 bits per heavy atom. The maximum atomic E-state index is 8.63. The second-order valence-electron chi connectivity index (χ2n) is 0.289. The molecule has 0 aliphatic rings. The summed E-state index contributed by atoms with van der Waals surface area (Å²) in [6.45, 7) is 0. The third-order valence-corrected chi connectivity index (χ3v) is 0. The molecule has 0 rings (SSSR count). The van der Waals surface area contributed by atoms with E-state index in [0.29, 0.717) is 0 Å². The zero-order valence-electron chi connectivity index (χ0n) is 1.80. The average Bonchev–Trinajstić information content (AvgIpc) is 0.811. The molecule has 0 amide bonds. The normalized spacial score (nSPS) is 3.75. The quantitative estimate of drug-likeness (QED) is 0.458. The van der Waals surface area contributed by atoms with Crippen LogP contribution in [-0.4, -0.2) is 0 Å². The molecule has 0 N–H and O–H groups in total. The standard InChI is InChI=1S/3O.Y. The van der Waals surface area contributed by atoms with Crippen LogP contribution >= 0.6 is 0 Å². The van der Waals surface area contributed by atoms with Gasteiger partial charge < -0.3 is 0 Å². The molecule has 0 aliphatic carbocycles. The van der Waals surface area contributed by atoms with Crippen molar-refractivity contribution in [2.24, 2.45) is 0 Å². The van der Waals surface area contributed by atoms with E-state index in [2.05, 4.69) is 0 Å². The van der Waals surface area contributed by atoms with Crippen LogP contribution in [0.3, 0.4) is 0 Å². The van der Waals surface area contributed by atoms with Gasteiger partial charge in [-0.25, -0.2) is 0 Å². The third-order valence-electron chi connectivity index (χ3n) is 0. The van der Waals surface area contributed by atoms with Crippen molar-refractivity contribution in [1.29, 1.82) is 0 Å². The minimum absolute atomic E-state index is 4.39. The van der Waals surface area contributed by atoms with Gasteiger partial charge >= 0.3 is 33.7 Å². The summed E-state index contributed by atoms with van der Waals surface area (Å²) in [7, 11) is 0. The van der Waals surface area contributed by atoms with Crippen molar-refractivity contribution >= 4 is 0 Å². The summed E-state index contributed by atoms with van der Waals surface area (Å²) in [6, 6.07) is 0. The molecule has 0 saturated carbocycles. The Balaban J connectivity index is 4.65. The molecular weight excluding hydrogens is 137 g/mol. The summed E-state index contributed by atoms with van der Waals surface area (Å²) >= 11 is -4.39. The summed E-state index contributed by atoms with van der Waals surface area (Å²) in [6.07, 6.45) is 0.